The molecule has 0 saturated carbocycles. The van der Waals surface area contributed by atoms with E-state index in [4.69, 9.17) is 16.3 Å². The van der Waals surface area contributed by atoms with Crippen molar-refractivity contribution in [3.8, 4) is 5.75 Å². The Balaban J connectivity index is 1.74. The van der Waals surface area contributed by atoms with Gasteiger partial charge in [0.05, 0.1) is 10.7 Å². The molecule has 0 radical (unpaired) electrons. The minimum atomic E-state index is -0.608. The molecule has 0 aliphatic carbocycles. The average Bonchev–Trinajstić information content (AvgIpc) is 2.83. The lowest BCUT2D eigenvalue weighted by molar-refractivity contribution is 0.493. The molecule has 0 bridgehead atoms. The van der Waals surface area contributed by atoms with Crippen LogP contribution in [0.4, 0.5) is 4.39 Å². The zero-order chi connectivity index (χ0) is 18.5. The van der Waals surface area contributed by atoms with Crippen LogP contribution in [0, 0.1) is 11.7 Å². The molecule has 134 valence electrons. The van der Waals surface area contributed by atoms with Crippen molar-refractivity contribution >= 4 is 23.7 Å². The second kappa shape index (κ2) is 8.15. The average molecular weight is 372 g/mol. The number of allylic oxidation sites excluding steroid dienone is 5. The normalized spacial score (nSPS) is 19.9. The maximum Gasteiger partial charge on any atom is 0.214 e. The monoisotopic (exact) mass is 371 g/mol. The Morgan fingerprint density at radius 3 is 3.08 bits per heavy atom. The number of ether oxygens (including phenoxy) is 1. The molecule has 0 amide bonds. The summed E-state index contributed by atoms with van der Waals surface area (Å²) in [6.45, 7) is 2.13. The van der Waals surface area contributed by atoms with E-state index in [9.17, 15) is 4.39 Å². The third-order valence-corrected chi connectivity index (χ3v) is 4.19. The molecule has 0 fully saturated rings. The van der Waals surface area contributed by atoms with Gasteiger partial charge in [-0.2, -0.15) is 5.10 Å². The first-order valence-corrected chi connectivity index (χ1v) is 8.64. The molecular weight excluding hydrogens is 353 g/mol. The lowest BCUT2D eigenvalue weighted by Gasteiger charge is -2.19. The highest BCUT2D eigenvalue weighted by Gasteiger charge is 2.13. The smallest absolute Gasteiger partial charge is 0.214 e. The predicted molar refractivity (Wildman–Crippen MR) is 104 cm³/mol. The number of hydrogen-bond acceptors (Lipinski definition) is 4. The molecule has 2 aliphatic rings. The first-order valence-electron chi connectivity index (χ1n) is 8.27. The van der Waals surface area contributed by atoms with Crippen molar-refractivity contribution in [2.45, 2.75) is 13.3 Å². The fourth-order valence-electron chi connectivity index (χ4n) is 2.43. The number of hydrogen-bond donors (Lipinski definition) is 0. The standard InChI is InChI=1S/C20H19ClFN3O/c1-14-6-9-16-10-7-15(13-25(16)24-12-14)8-11-19(23-2)26-18-5-3-4-17(21)20(18)22/h3-5,7-14H,6H2,1-2H3/b11-8+,23-19?. The van der Waals surface area contributed by atoms with Crippen LogP contribution < -0.4 is 4.74 Å². The van der Waals surface area contributed by atoms with E-state index in [1.54, 1.807) is 19.2 Å². The quantitative estimate of drug-likeness (QED) is 0.547. The Kier molecular flexibility index (Phi) is 5.68. The highest BCUT2D eigenvalue weighted by Crippen LogP contribution is 2.25. The van der Waals surface area contributed by atoms with Crippen molar-refractivity contribution in [2.24, 2.45) is 16.0 Å². The Bertz CT molecular complexity index is 868. The van der Waals surface area contributed by atoms with Crippen molar-refractivity contribution in [1.29, 1.82) is 0 Å². The molecule has 1 aromatic rings. The van der Waals surface area contributed by atoms with Crippen LogP contribution in [0.3, 0.4) is 0 Å². The summed E-state index contributed by atoms with van der Waals surface area (Å²) in [6, 6.07) is 4.59. The number of halogens is 2. The molecule has 2 aliphatic heterocycles. The lowest BCUT2D eigenvalue weighted by Crippen LogP contribution is -2.11. The first kappa shape index (κ1) is 18.1. The number of hydrazone groups is 1. The van der Waals surface area contributed by atoms with Crippen molar-refractivity contribution in [2.75, 3.05) is 7.05 Å². The van der Waals surface area contributed by atoms with Gasteiger partial charge in [0, 0.05) is 25.5 Å². The molecule has 2 heterocycles. The Morgan fingerprint density at radius 1 is 1.42 bits per heavy atom. The van der Waals surface area contributed by atoms with E-state index < -0.39 is 5.82 Å². The summed E-state index contributed by atoms with van der Waals surface area (Å²) < 4.78 is 19.5. The molecule has 26 heavy (non-hydrogen) atoms. The molecule has 0 spiro atoms. The summed E-state index contributed by atoms with van der Waals surface area (Å²) >= 11 is 5.77. The van der Waals surface area contributed by atoms with Crippen molar-refractivity contribution in [3.63, 3.8) is 0 Å². The van der Waals surface area contributed by atoms with Crippen LogP contribution in [-0.4, -0.2) is 24.2 Å². The zero-order valence-corrected chi connectivity index (χ0v) is 15.3. The summed E-state index contributed by atoms with van der Waals surface area (Å²) in [7, 11) is 1.58. The van der Waals surface area contributed by atoms with Gasteiger partial charge in [-0.15, -0.1) is 0 Å². The number of fused-ring (bicyclic) bond motifs is 1. The van der Waals surface area contributed by atoms with Crippen LogP contribution in [-0.2, 0) is 0 Å². The molecule has 1 unspecified atom stereocenters. The van der Waals surface area contributed by atoms with Gasteiger partial charge in [-0.05, 0) is 42.2 Å². The summed E-state index contributed by atoms with van der Waals surface area (Å²) in [5, 5.41) is 6.31. The third kappa shape index (κ3) is 4.29. The fourth-order valence-corrected chi connectivity index (χ4v) is 2.59. The highest BCUT2D eigenvalue weighted by molar-refractivity contribution is 6.30. The molecule has 6 heteroatoms. The summed E-state index contributed by atoms with van der Waals surface area (Å²) in [5.41, 5.74) is 1.97. The minimum Gasteiger partial charge on any atom is -0.436 e. The minimum absolute atomic E-state index is 0.00687. The van der Waals surface area contributed by atoms with E-state index in [-0.39, 0.29) is 16.7 Å². The Morgan fingerprint density at radius 2 is 2.27 bits per heavy atom. The van der Waals surface area contributed by atoms with Gasteiger partial charge in [0.2, 0.25) is 5.90 Å². The van der Waals surface area contributed by atoms with E-state index in [0.29, 0.717) is 5.92 Å². The maximum atomic E-state index is 14.0. The number of benzene rings is 1. The van der Waals surface area contributed by atoms with Gasteiger partial charge in [-0.25, -0.2) is 9.40 Å². The highest BCUT2D eigenvalue weighted by atomic mass is 35.5. The summed E-state index contributed by atoms with van der Waals surface area (Å²) in [5.74, 6) is 0.110. The fraction of sp³-hybridized carbons (Fsp3) is 0.200. The van der Waals surface area contributed by atoms with E-state index in [1.165, 1.54) is 12.1 Å². The molecule has 0 N–H and O–H groups in total. The second-order valence-electron chi connectivity index (χ2n) is 5.96. The Hall–Kier alpha value is -2.66. The van der Waals surface area contributed by atoms with Gasteiger partial charge in [-0.1, -0.05) is 36.7 Å². The summed E-state index contributed by atoms with van der Waals surface area (Å²) in [6.07, 6.45) is 14.5. The molecule has 4 nitrogen and oxygen atoms in total. The third-order valence-electron chi connectivity index (χ3n) is 3.90. The first-order chi connectivity index (χ1) is 12.6. The molecule has 1 aromatic carbocycles. The number of aliphatic imine (C=N–C) groups is 1. The number of nitrogens with zero attached hydrogens (tertiary/aromatic N) is 3. The van der Waals surface area contributed by atoms with Crippen LogP contribution in [0.25, 0.3) is 0 Å². The van der Waals surface area contributed by atoms with Gasteiger partial charge in [0.25, 0.3) is 0 Å². The van der Waals surface area contributed by atoms with Gasteiger partial charge in [0.1, 0.15) is 0 Å². The van der Waals surface area contributed by atoms with Gasteiger partial charge < -0.3 is 4.74 Å². The van der Waals surface area contributed by atoms with Crippen LogP contribution in [0.2, 0.25) is 5.02 Å². The van der Waals surface area contributed by atoms with Crippen LogP contribution in [0.15, 0.2) is 76.1 Å². The summed E-state index contributed by atoms with van der Waals surface area (Å²) in [4.78, 5) is 4.04. The number of rotatable bonds is 3. The predicted octanol–water partition coefficient (Wildman–Crippen LogP) is 5.11. The second-order valence-corrected chi connectivity index (χ2v) is 6.37. The molecule has 0 saturated heterocycles. The molecule has 3 rings (SSSR count). The molecule has 1 atom stereocenters. The maximum absolute atomic E-state index is 14.0. The lowest BCUT2D eigenvalue weighted by atomic mass is 10.1. The van der Waals surface area contributed by atoms with Crippen molar-refractivity contribution < 1.29 is 9.13 Å². The van der Waals surface area contributed by atoms with E-state index in [2.05, 4.69) is 23.1 Å². The van der Waals surface area contributed by atoms with Gasteiger partial charge in [-0.3, -0.25) is 4.99 Å². The molecular formula is C20H19ClFN3O. The topological polar surface area (TPSA) is 37.2 Å². The van der Waals surface area contributed by atoms with E-state index >= 15 is 0 Å². The SMILES string of the molecule is CN=C(/C=C/C1=CN2N=CC(C)CC=C2C=C1)Oc1cccc(Cl)c1F. The molecule has 0 aromatic heterocycles. The van der Waals surface area contributed by atoms with Gasteiger partial charge >= 0.3 is 0 Å². The van der Waals surface area contributed by atoms with E-state index in [0.717, 1.165) is 17.7 Å². The zero-order valence-electron chi connectivity index (χ0n) is 14.6. The Labute approximate surface area is 157 Å². The van der Waals surface area contributed by atoms with Crippen LogP contribution in [0.1, 0.15) is 13.3 Å². The van der Waals surface area contributed by atoms with Crippen molar-refractivity contribution in [1.82, 2.24) is 5.01 Å². The van der Waals surface area contributed by atoms with Crippen LogP contribution >= 0.6 is 11.6 Å². The largest absolute Gasteiger partial charge is 0.436 e. The van der Waals surface area contributed by atoms with Crippen molar-refractivity contribution in [3.05, 3.63) is 76.9 Å². The van der Waals surface area contributed by atoms with Gasteiger partial charge in [0.15, 0.2) is 11.6 Å². The van der Waals surface area contributed by atoms with Crippen LogP contribution in [0.5, 0.6) is 5.75 Å². The van der Waals surface area contributed by atoms with E-state index in [1.807, 2.05) is 35.7 Å².